The first-order valence-electron chi connectivity index (χ1n) is 7.55. The Hall–Kier alpha value is -2.88. The fourth-order valence-electron chi connectivity index (χ4n) is 2.30. The molecule has 0 spiro atoms. The molecule has 10 heteroatoms. The maximum absolute atomic E-state index is 14.3. The summed E-state index contributed by atoms with van der Waals surface area (Å²) in [5, 5.41) is 3.60. The second-order valence-electron chi connectivity index (χ2n) is 5.26. The molecular weight excluding hydrogens is 368 g/mol. The van der Waals surface area contributed by atoms with Gasteiger partial charge in [-0.3, -0.25) is 9.59 Å². The Labute approximate surface area is 149 Å². The van der Waals surface area contributed by atoms with E-state index in [2.05, 4.69) is 10.1 Å². The van der Waals surface area contributed by atoms with Gasteiger partial charge in [0.25, 0.3) is 0 Å². The Bertz CT molecular complexity index is 1070. The van der Waals surface area contributed by atoms with Crippen molar-refractivity contribution in [2.45, 2.75) is 20.4 Å². The van der Waals surface area contributed by atoms with Crippen molar-refractivity contribution in [1.29, 1.82) is 0 Å². The number of amides is 1. The lowest BCUT2D eigenvalue weighted by molar-refractivity contribution is -0.143. The van der Waals surface area contributed by atoms with Gasteiger partial charge in [0.1, 0.15) is 12.4 Å². The van der Waals surface area contributed by atoms with E-state index in [1.165, 1.54) is 10.6 Å². The molecule has 0 atom stereocenters. The molecule has 0 aliphatic heterocycles. The first-order valence-corrected chi connectivity index (χ1v) is 8.37. The van der Waals surface area contributed by atoms with Crippen LogP contribution < -0.4 is 4.80 Å². The van der Waals surface area contributed by atoms with Gasteiger partial charge in [0.2, 0.25) is 5.76 Å². The molecule has 0 bridgehead atoms. The van der Waals surface area contributed by atoms with Gasteiger partial charge in [-0.2, -0.15) is 4.99 Å². The number of nitrogens with zero attached hydrogens (tertiary/aromatic N) is 3. The van der Waals surface area contributed by atoms with Crippen LogP contribution in [-0.4, -0.2) is 28.2 Å². The summed E-state index contributed by atoms with van der Waals surface area (Å²) in [4.78, 5) is 28.0. The summed E-state index contributed by atoms with van der Waals surface area (Å²) < 4.78 is 38.9. The predicted octanol–water partition coefficient (Wildman–Crippen LogP) is 2.58. The number of hydrogen-bond donors (Lipinski definition) is 0. The number of fused-ring (bicyclic) bond motifs is 1. The molecule has 0 saturated heterocycles. The van der Waals surface area contributed by atoms with Crippen LogP contribution in [0.3, 0.4) is 0 Å². The topological polar surface area (TPSA) is 86.7 Å². The summed E-state index contributed by atoms with van der Waals surface area (Å²) >= 11 is 0.868. The van der Waals surface area contributed by atoms with E-state index in [-0.39, 0.29) is 33.9 Å². The smallest absolute Gasteiger partial charge is 0.326 e. The lowest BCUT2D eigenvalue weighted by Gasteiger charge is -2.05. The SMILES string of the molecule is CCOC(=O)Cn1c(=NC(=O)c2cc(C)no2)sc2cc(F)cc(F)c21. The Morgan fingerprint density at radius 2 is 2.12 bits per heavy atom. The van der Waals surface area contributed by atoms with Crippen LogP contribution in [-0.2, 0) is 16.1 Å². The maximum atomic E-state index is 14.3. The summed E-state index contributed by atoms with van der Waals surface area (Å²) in [6.07, 6.45) is 0. The Balaban J connectivity index is 2.16. The zero-order chi connectivity index (χ0) is 18.8. The number of carbonyl (C=O) groups excluding carboxylic acids is 2. The zero-order valence-corrected chi connectivity index (χ0v) is 14.6. The average molecular weight is 381 g/mol. The lowest BCUT2D eigenvalue weighted by atomic mass is 10.3. The number of aryl methyl sites for hydroxylation is 1. The third-order valence-corrected chi connectivity index (χ3v) is 4.35. The van der Waals surface area contributed by atoms with Gasteiger partial charge in [0.15, 0.2) is 10.6 Å². The molecule has 0 aliphatic rings. The highest BCUT2D eigenvalue weighted by Crippen LogP contribution is 2.22. The van der Waals surface area contributed by atoms with E-state index < -0.39 is 23.5 Å². The van der Waals surface area contributed by atoms with Crippen LogP contribution in [0.25, 0.3) is 10.2 Å². The van der Waals surface area contributed by atoms with Crippen molar-refractivity contribution in [2.75, 3.05) is 6.61 Å². The van der Waals surface area contributed by atoms with Crippen molar-refractivity contribution in [3.63, 3.8) is 0 Å². The van der Waals surface area contributed by atoms with Crippen molar-refractivity contribution in [3.8, 4) is 0 Å². The molecule has 3 aromatic rings. The van der Waals surface area contributed by atoms with Crippen LogP contribution >= 0.6 is 11.3 Å². The van der Waals surface area contributed by atoms with Crippen molar-refractivity contribution < 1.29 is 27.6 Å². The second kappa shape index (κ2) is 7.16. The number of hydrogen-bond acceptors (Lipinski definition) is 6. The first-order chi connectivity index (χ1) is 12.4. The molecule has 1 aromatic carbocycles. The molecule has 0 saturated carbocycles. The van der Waals surface area contributed by atoms with Crippen LogP contribution in [0.2, 0.25) is 0 Å². The Kier molecular flexibility index (Phi) is 4.94. The molecule has 0 unspecified atom stereocenters. The molecular formula is C16H13F2N3O4S. The largest absolute Gasteiger partial charge is 0.465 e. The number of ether oxygens (including phenoxy) is 1. The summed E-state index contributed by atoms with van der Waals surface area (Å²) in [6, 6.07) is 3.20. The van der Waals surface area contributed by atoms with E-state index in [0.29, 0.717) is 11.8 Å². The van der Waals surface area contributed by atoms with Gasteiger partial charge in [-0.15, -0.1) is 0 Å². The number of esters is 1. The molecule has 2 aromatic heterocycles. The van der Waals surface area contributed by atoms with E-state index >= 15 is 0 Å². The minimum absolute atomic E-state index is 0.0107. The third-order valence-electron chi connectivity index (χ3n) is 3.32. The number of rotatable bonds is 4. The number of halogens is 2. The highest BCUT2D eigenvalue weighted by molar-refractivity contribution is 7.16. The molecule has 26 heavy (non-hydrogen) atoms. The summed E-state index contributed by atoms with van der Waals surface area (Å²) in [6.45, 7) is 3.03. The minimum Gasteiger partial charge on any atom is -0.465 e. The molecule has 0 aliphatic carbocycles. The lowest BCUT2D eigenvalue weighted by Crippen LogP contribution is -2.23. The van der Waals surface area contributed by atoms with E-state index in [4.69, 9.17) is 9.26 Å². The van der Waals surface area contributed by atoms with E-state index in [9.17, 15) is 18.4 Å². The average Bonchev–Trinajstić information content (AvgIpc) is 3.12. The highest BCUT2D eigenvalue weighted by atomic mass is 32.1. The van der Waals surface area contributed by atoms with Gasteiger partial charge in [0, 0.05) is 12.1 Å². The van der Waals surface area contributed by atoms with Crippen molar-refractivity contribution in [3.05, 3.63) is 46.1 Å². The molecule has 2 heterocycles. The van der Waals surface area contributed by atoms with Gasteiger partial charge in [-0.05, 0) is 19.9 Å². The van der Waals surface area contributed by atoms with Crippen LogP contribution in [0.4, 0.5) is 8.78 Å². The van der Waals surface area contributed by atoms with Gasteiger partial charge in [-0.1, -0.05) is 16.5 Å². The van der Waals surface area contributed by atoms with Crippen LogP contribution in [0.1, 0.15) is 23.2 Å². The summed E-state index contributed by atoms with van der Waals surface area (Å²) in [5.74, 6) is -3.14. The minimum atomic E-state index is -0.870. The van der Waals surface area contributed by atoms with Crippen LogP contribution in [0.15, 0.2) is 27.7 Å². The quantitative estimate of drug-likeness (QED) is 0.649. The predicted molar refractivity (Wildman–Crippen MR) is 87.5 cm³/mol. The number of thiazole rings is 1. The molecule has 7 nitrogen and oxygen atoms in total. The summed E-state index contributed by atoms with van der Waals surface area (Å²) in [5.41, 5.74) is 0.456. The standard InChI is InChI=1S/C16H13F2N3O4S/c1-3-24-13(22)7-21-14-10(18)5-9(17)6-12(14)26-16(21)19-15(23)11-4-8(2)20-25-11/h4-6H,3,7H2,1-2H3. The molecule has 1 amide bonds. The maximum Gasteiger partial charge on any atom is 0.326 e. The van der Waals surface area contributed by atoms with Crippen molar-refractivity contribution in [1.82, 2.24) is 9.72 Å². The van der Waals surface area contributed by atoms with Crippen LogP contribution in [0, 0.1) is 18.6 Å². The van der Waals surface area contributed by atoms with Gasteiger partial charge in [-0.25, -0.2) is 8.78 Å². The number of benzene rings is 1. The van der Waals surface area contributed by atoms with E-state index in [1.807, 2.05) is 0 Å². The van der Waals surface area contributed by atoms with E-state index in [1.54, 1.807) is 13.8 Å². The molecule has 3 rings (SSSR count). The van der Waals surface area contributed by atoms with Gasteiger partial charge < -0.3 is 13.8 Å². The van der Waals surface area contributed by atoms with E-state index in [0.717, 1.165) is 17.4 Å². The monoisotopic (exact) mass is 381 g/mol. The number of carbonyl (C=O) groups is 2. The Morgan fingerprint density at radius 3 is 2.77 bits per heavy atom. The second-order valence-corrected chi connectivity index (χ2v) is 6.27. The first kappa shape index (κ1) is 17.9. The molecule has 0 N–H and O–H groups in total. The third kappa shape index (κ3) is 3.54. The summed E-state index contributed by atoms with van der Waals surface area (Å²) in [7, 11) is 0. The highest BCUT2D eigenvalue weighted by Gasteiger charge is 2.18. The van der Waals surface area contributed by atoms with Crippen molar-refractivity contribution in [2.24, 2.45) is 4.99 Å². The number of aromatic nitrogens is 2. The Morgan fingerprint density at radius 1 is 1.35 bits per heavy atom. The molecule has 0 fully saturated rings. The molecule has 0 radical (unpaired) electrons. The van der Waals surface area contributed by atoms with Gasteiger partial charge in [0.05, 0.1) is 22.5 Å². The fraction of sp³-hybridized carbons (Fsp3) is 0.250. The van der Waals surface area contributed by atoms with Crippen LogP contribution in [0.5, 0.6) is 0 Å². The zero-order valence-electron chi connectivity index (χ0n) is 13.8. The normalized spacial score (nSPS) is 11.9. The van der Waals surface area contributed by atoms with Crippen molar-refractivity contribution >= 4 is 33.4 Å². The fourth-order valence-corrected chi connectivity index (χ4v) is 3.37. The molecule has 136 valence electrons. The van der Waals surface area contributed by atoms with Gasteiger partial charge >= 0.3 is 11.9 Å².